The van der Waals surface area contributed by atoms with Crippen molar-refractivity contribution in [1.29, 1.82) is 0 Å². The van der Waals surface area contributed by atoms with Gasteiger partial charge < -0.3 is 16.6 Å². The number of hydrogen-bond acceptors (Lipinski definition) is 7. The van der Waals surface area contributed by atoms with E-state index in [4.69, 9.17) is 16.6 Å². The molecule has 1 aliphatic rings. The largest absolute Gasteiger partial charge is 0.478 e. The Hall–Kier alpha value is -2.98. The Balaban J connectivity index is 3.81. The molecule has 1 aliphatic carbocycles. The Morgan fingerprint density at radius 2 is 1.90 bits per heavy atom. The van der Waals surface area contributed by atoms with Crippen molar-refractivity contribution in [3.05, 3.63) is 43.3 Å². The number of carboxylic acid groups (broad SMARTS) is 1. The number of aliphatic carboxylic acids is 1. The van der Waals surface area contributed by atoms with Gasteiger partial charge >= 0.3 is 17.4 Å². The first-order valence-electron chi connectivity index (χ1n) is 5.12. The number of rotatable bonds is 4. The zero-order valence-electron chi connectivity index (χ0n) is 10.1. The molecule has 20 heavy (non-hydrogen) atoms. The van der Waals surface area contributed by atoms with Crippen molar-refractivity contribution in [2.75, 3.05) is 0 Å². The highest BCUT2D eigenvalue weighted by molar-refractivity contribution is 5.96. The van der Waals surface area contributed by atoms with Crippen LogP contribution in [0.5, 0.6) is 0 Å². The molecule has 108 valence electrons. The summed E-state index contributed by atoms with van der Waals surface area (Å²) < 4.78 is 0. The molecular weight excluding hydrogens is 276 g/mol. The number of carbonyl (C=O) groups is 2. The molecule has 1 rings (SSSR count). The van der Waals surface area contributed by atoms with Gasteiger partial charge in [0.2, 0.25) is 0 Å². The number of nitrogens with two attached hydrogens (primary N) is 2. The first kappa shape index (κ1) is 15.1. The highest BCUT2D eigenvalue weighted by atomic mass is 16.6. The predicted octanol–water partition coefficient (Wildman–Crippen LogP) is -1.41. The average molecular weight is 286 g/mol. The first-order chi connectivity index (χ1) is 9.08. The van der Waals surface area contributed by atoms with Gasteiger partial charge in [-0.25, -0.2) is 4.79 Å². The third kappa shape index (κ3) is 1.75. The molecule has 0 saturated heterocycles. The van der Waals surface area contributed by atoms with Crippen molar-refractivity contribution in [2.45, 2.75) is 12.5 Å². The number of amides is 1. The predicted molar refractivity (Wildman–Crippen MR) is 62.0 cm³/mol. The Labute approximate surface area is 110 Å². The van der Waals surface area contributed by atoms with Crippen LogP contribution >= 0.6 is 0 Å². The third-order valence-electron chi connectivity index (χ3n) is 3.17. The summed E-state index contributed by atoms with van der Waals surface area (Å²) in [6.07, 6.45) is 0.590. The van der Waals surface area contributed by atoms with Crippen LogP contribution in [-0.4, -0.2) is 32.4 Å². The van der Waals surface area contributed by atoms with Gasteiger partial charge in [0, 0.05) is 11.0 Å². The van der Waals surface area contributed by atoms with Crippen LogP contribution in [0.15, 0.2) is 23.0 Å². The fraction of sp³-hybridized carbons (Fsp3) is 0.333. The number of primary amides is 1. The minimum Gasteiger partial charge on any atom is -0.478 e. The number of carbonyl (C=O) groups excluding carboxylic acids is 1. The lowest BCUT2D eigenvalue weighted by molar-refractivity contribution is -0.558. The van der Waals surface area contributed by atoms with Crippen LogP contribution in [0.1, 0.15) is 6.92 Å². The summed E-state index contributed by atoms with van der Waals surface area (Å²) in [5.41, 5.74) is 4.85. The maximum Gasteiger partial charge on any atom is 0.350 e. The fourth-order valence-electron chi connectivity index (χ4n) is 2.08. The molecule has 0 aromatic heterocycles. The fourth-order valence-corrected chi connectivity index (χ4v) is 2.08. The van der Waals surface area contributed by atoms with E-state index in [2.05, 4.69) is 0 Å². The second-order valence-corrected chi connectivity index (χ2v) is 4.07. The summed E-state index contributed by atoms with van der Waals surface area (Å²) in [4.78, 5) is 42.4. The van der Waals surface area contributed by atoms with Gasteiger partial charge in [-0.2, -0.15) is 0 Å². The van der Waals surface area contributed by atoms with Crippen LogP contribution in [0.3, 0.4) is 0 Å². The maximum atomic E-state index is 11.5. The van der Waals surface area contributed by atoms with E-state index in [9.17, 15) is 29.8 Å². The number of nitrogens with zero attached hydrogens (tertiary/aromatic N) is 2. The number of carboxylic acids is 1. The Morgan fingerprint density at radius 1 is 1.40 bits per heavy atom. The first-order valence-corrected chi connectivity index (χ1v) is 5.12. The van der Waals surface area contributed by atoms with Crippen molar-refractivity contribution in [2.24, 2.45) is 17.4 Å². The molecule has 0 radical (unpaired) electrons. The Morgan fingerprint density at radius 3 is 2.20 bits per heavy atom. The minimum atomic E-state index is -2.87. The molecule has 5 N–H and O–H groups in total. The van der Waals surface area contributed by atoms with Gasteiger partial charge in [-0.1, -0.05) is 0 Å². The zero-order valence-corrected chi connectivity index (χ0v) is 10.1. The molecule has 0 bridgehead atoms. The van der Waals surface area contributed by atoms with E-state index in [-0.39, 0.29) is 0 Å². The molecule has 2 atom stereocenters. The van der Waals surface area contributed by atoms with Gasteiger partial charge in [0.05, 0.1) is 10.5 Å². The van der Waals surface area contributed by atoms with Crippen molar-refractivity contribution in [3.63, 3.8) is 0 Å². The molecule has 0 aliphatic heterocycles. The summed E-state index contributed by atoms with van der Waals surface area (Å²) in [6, 6.07) is 0. The van der Waals surface area contributed by atoms with Gasteiger partial charge in [-0.05, 0) is 6.92 Å². The summed E-state index contributed by atoms with van der Waals surface area (Å²) in [6.45, 7) is 1.01. The lowest BCUT2D eigenvalue weighted by atomic mass is 9.74. The van der Waals surface area contributed by atoms with Crippen molar-refractivity contribution < 1.29 is 24.5 Å². The molecule has 0 aromatic rings. The monoisotopic (exact) mass is 286 g/mol. The lowest BCUT2D eigenvalue weighted by Gasteiger charge is -2.29. The number of nitro groups is 2. The highest BCUT2D eigenvalue weighted by Crippen LogP contribution is 2.38. The third-order valence-corrected chi connectivity index (χ3v) is 3.17. The summed E-state index contributed by atoms with van der Waals surface area (Å²) >= 11 is 0. The quantitative estimate of drug-likeness (QED) is 0.414. The average Bonchev–Trinajstić information content (AvgIpc) is 2.27. The van der Waals surface area contributed by atoms with E-state index >= 15 is 0 Å². The van der Waals surface area contributed by atoms with E-state index in [1.54, 1.807) is 0 Å². The van der Waals surface area contributed by atoms with Crippen LogP contribution in [0.25, 0.3) is 0 Å². The van der Waals surface area contributed by atoms with E-state index in [1.807, 2.05) is 0 Å². The molecular formula is C9H10N4O7. The number of hydrogen-bond donors (Lipinski definition) is 3. The molecule has 0 spiro atoms. The van der Waals surface area contributed by atoms with E-state index in [0.717, 1.165) is 6.92 Å². The van der Waals surface area contributed by atoms with Crippen molar-refractivity contribution >= 4 is 11.9 Å². The normalized spacial score (nSPS) is 25.9. The molecule has 11 heteroatoms. The zero-order chi connectivity index (χ0) is 15.8. The molecule has 1 amide bonds. The Bertz CT molecular complexity index is 577. The van der Waals surface area contributed by atoms with Gasteiger partial charge in [0.15, 0.2) is 0 Å². The van der Waals surface area contributed by atoms with Crippen LogP contribution in [0, 0.1) is 26.1 Å². The van der Waals surface area contributed by atoms with E-state index < -0.39 is 50.1 Å². The second-order valence-electron chi connectivity index (χ2n) is 4.07. The van der Waals surface area contributed by atoms with Crippen molar-refractivity contribution in [3.8, 4) is 0 Å². The molecule has 0 aromatic carbocycles. The molecule has 0 fully saturated rings. The smallest absolute Gasteiger partial charge is 0.350 e. The summed E-state index contributed by atoms with van der Waals surface area (Å²) in [5, 5.41) is 31.0. The molecule has 2 unspecified atom stereocenters. The molecule has 0 saturated carbocycles. The van der Waals surface area contributed by atoms with Gasteiger partial charge in [-0.15, -0.1) is 0 Å². The highest BCUT2D eigenvalue weighted by Gasteiger charge is 2.64. The SMILES string of the molecule is CC1C([N+](=O)[O-])=CC(C(=O)O)=C(N)C1(C(N)=O)[N+](=O)[O-]. The van der Waals surface area contributed by atoms with E-state index in [1.165, 1.54) is 0 Å². The topological polar surface area (TPSA) is 193 Å². The Kier molecular flexibility index (Phi) is 3.47. The van der Waals surface area contributed by atoms with E-state index in [0.29, 0.717) is 6.08 Å². The van der Waals surface area contributed by atoms with Gasteiger partial charge in [0.25, 0.3) is 5.70 Å². The van der Waals surface area contributed by atoms with Gasteiger partial charge in [-0.3, -0.25) is 25.0 Å². The molecule has 0 heterocycles. The lowest BCUT2D eigenvalue weighted by Crippen LogP contribution is -2.61. The summed E-state index contributed by atoms with van der Waals surface area (Å²) in [7, 11) is 0. The minimum absolute atomic E-state index is 0.590. The molecule has 11 nitrogen and oxygen atoms in total. The summed E-state index contributed by atoms with van der Waals surface area (Å²) in [5.74, 6) is -4.92. The van der Waals surface area contributed by atoms with Crippen LogP contribution in [0.2, 0.25) is 0 Å². The van der Waals surface area contributed by atoms with Gasteiger partial charge in [0.1, 0.15) is 11.6 Å². The van der Waals surface area contributed by atoms with Crippen LogP contribution in [0.4, 0.5) is 0 Å². The van der Waals surface area contributed by atoms with Crippen LogP contribution in [-0.2, 0) is 9.59 Å². The maximum absolute atomic E-state index is 11.5. The standard InChI is InChI=1S/C9H10N4O7/c1-3-5(12(17)18)2-4(7(14)15)6(10)9(3,8(11)16)13(19)20/h2-3H,10H2,1H3,(H2,11,16)(H,14,15). The van der Waals surface area contributed by atoms with Crippen LogP contribution < -0.4 is 11.5 Å². The van der Waals surface area contributed by atoms with Crippen molar-refractivity contribution in [1.82, 2.24) is 0 Å². The second kappa shape index (κ2) is 4.60.